The van der Waals surface area contributed by atoms with Crippen LogP contribution in [0.25, 0.3) is 11.1 Å². The molecule has 0 radical (unpaired) electrons. The van der Waals surface area contributed by atoms with Gasteiger partial charge in [0.05, 0.1) is 18.8 Å². The predicted molar refractivity (Wildman–Crippen MR) is 170 cm³/mol. The highest BCUT2D eigenvalue weighted by molar-refractivity contribution is 5.94. The predicted octanol–water partition coefficient (Wildman–Crippen LogP) is 6.69. The zero-order chi connectivity index (χ0) is 30.2. The van der Waals surface area contributed by atoms with Crippen molar-refractivity contribution in [2.45, 2.75) is 38.6 Å². The number of amides is 1. The van der Waals surface area contributed by atoms with Crippen LogP contribution >= 0.6 is 0 Å². The van der Waals surface area contributed by atoms with Crippen molar-refractivity contribution < 1.29 is 19.4 Å². The fraction of sp³-hybridized carbons (Fsp3) is 0.270. The average Bonchev–Trinajstić information content (AvgIpc) is 3.05. The number of aliphatic hydroxyl groups excluding tert-OH is 1. The van der Waals surface area contributed by atoms with E-state index in [1.54, 1.807) is 0 Å². The molecule has 2 N–H and O–H groups in total. The molecule has 0 saturated carbocycles. The van der Waals surface area contributed by atoms with Gasteiger partial charge in [-0.05, 0) is 47.0 Å². The highest BCUT2D eigenvalue weighted by atomic mass is 16.7. The third kappa shape index (κ3) is 7.48. The van der Waals surface area contributed by atoms with Crippen LogP contribution in [-0.2, 0) is 22.6 Å². The minimum absolute atomic E-state index is 0.0109. The molecule has 1 aliphatic rings. The maximum Gasteiger partial charge on any atom is 0.251 e. The molecule has 0 spiro atoms. The Morgan fingerprint density at radius 2 is 1.58 bits per heavy atom. The van der Waals surface area contributed by atoms with Gasteiger partial charge >= 0.3 is 0 Å². The van der Waals surface area contributed by atoms with Gasteiger partial charge in [0, 0.05) is 36.7 Å². The summed E-state index contributed by atoms with van der Waals surface area (Å²) in [6.07, 6.45) is 1.15. The number of benzene rings is 4. The number of carbonyl (C=O) groups is 1. The standard InChI is InChI=1S/C37H40N2O4/c1-4-22-39(3)24-34-26(2)35(29-16-14-27(25-40)15-17-29)43-37(42-34)31-20-18-28(19-21-31)33-13-9-8-12-32(33)23-38-36(41)30-10-6-5-7-11-30/h4-21,26,34-35,37,40H,1,22-25H2,2-3H3,(H,38,41)/t26-,34+,35+,37+/m1/s1. The second kappa shape index (κ2) is 14.4. The van der Waals surface area contributed by atoms with E-state index in [-0.39, 0.29) is 30.6 Å². The molecule has 1 aliphatic heterocycles. The molecular formula is C37H40N2O4. The zero-order valence-electron chi connectivity index (χ0n) is 24.9. The summed E-state index contributed by atoms with van der Waals surface area (Å²) in [5, 5.41) is 12.6. The maximum atomic E-state index is 12.6. The molecular weight excluding hydrogens is 536 g/mol. The first kappa shape index (κ1) is 30.4. The molecule has 222 valence electrons. The summed E-state index contributed by atoms with van der Waals surface area (Å²) in [5.41, 5.74) is 6.68. The first-order chi connectivity index (χ1) is 21.0. The Bertz CT molecular complexity index is 1490. The summed E-state index contributed by atoms with van der Waals surface area (Å²) in [4.78, 5) is 14.8. The molecule has 1 heterocycles. The van der Waals surface area contributed by atoms with Gasteiger partial charge in [-0.3, -0.25) is 4.79 Å². The van der Waals surface area contributed by atoms with E-state index >= 15 is 0 Å². The van der Waals surface area contributed by atoms with Crippen LogP contribution in [0.2, 0.25) is 0 Å². The Balaban J connectivity index is 1.35. The van der Waals surface area contributed by atoms with Gasteiger partial charge in [-0.1, -0.05) is 104 Å². The van der Waals surface area contributed by atoms with Crippen molar-refractivity contribution in [1.29, 1.82) is 0 Å². The van der Waals surface area contributed by atoms with Gasteiger partial charge in [-0.2, -0.15) is 0 Å². The molecule has 1 amide bonds. The Morgan fingerprint density at radius 3 is 2.28 bits per heavy atom. The van der Waals surface area contributed by atoms with Gasteiger partial charge in [0.1, 0.15) is 0 Å². The number of aliphatic hydroxyl groups is 1. The van der Waals surface area contributed by atoms with E-state index in [0.717, 1.165) is 46.5 Å². The van der Waals surface area contributed by atoms with E-state index in [9.17, 15) is 9.90 Å². The average molecular weight is 577 g/mol. The van der Waals surface area contributed by atoms with Crippen molar-refractivity contribution in [2.75, 3.05) is 20.1 Å². The number of hydrogen-bond donors (Lipinski definition) is 2. The summed E-state index contributed by atoms with van der Waals surface area (Å²) >= 11 is 0. The van der Waals surface area contributed by atoms with E-state index < -0.39 is 6.29 Å². The molecule has 5 rings (SSSR count). The lowest BCUT2D eigenvalue weighted by atomic mass is 9.90. The fourth-order valence-corrected chi connectivity index (χ4v) is 5.57. The lowest BCUT2D eigenvalue weighted by molar-refractivity contribution is -0.275. The summed E-state index contributed by atoms with van der Waals surface area (Å²) in [7, 11) is 2.07. The van der Waals surface area contributed by atoms with Gasteiger partial charge in [-0.25, -0.2) is 0 Å². The van der Waals surface area contributed by atoms with Crippen LogP contribution < -0.4 is 5.32 Å². The van der Waals surface area contributed by atoms with Gasteiger partial charge in [-0.15, -0.1) is 6.58 Å². The monoisotopic (exact) mass is 576 g/mol. The number of nitrogens with zero attached hydrogens (tertiary/aromatic N) is 1. The molecule has 4 aromatic carbocycles. The van der Waals surface area contributed by atoms with E-state index in [1.807, 2.05) is 78.9 Å². The quantitative estimate of drug-likeness (QED) is 0.195. The van der Waals surface area contributed by atoms with Crippen LogP contribution in [0.15, 0.2) is 116 Å². The molecule has 1 fully saturated rings. The molecule has 1 saturated heterocycles. The van der Waals surface area contributed by atoms with E-state index in [0.29, 0.717) is 12.1 Å². The van der Waals surface area contributed by atoms with E-state index in [1.165, 1.54) is 0 Å². The smallest absolute Gasteiger partial charge is 0.251 e. The zero-order valence-corrected chi connectivity index (χ0v) is 24.9. The summed E-state index contributed by atoms with van der Waals surface area (Å²) in [6.45, 7) is 8.01. The largest absolute Gasteiger partial charge is 0.392 e. The first-order valence-electron chi connectivity index (χ1n) is 14.8. The van der Waals surface area contributed by atoms with Gasteiger partial charge in [0.15, 0.2) is 6.29 Å². The molecule has 6 nitrogen and oxygen atoms in total. The normalized spacial score (nSPS) is 20.1. The number of hydrogen-bond acceptors (Lipinski definition) is 5. The topological polar surface area (TPSA) is 71.0 Å². The molecule has 0 unspecified atom stereocenters. The molecule has 43 heavy (non-hydrogen) atoms. The van der Waals surface area contributed by atoms with E-state index in [4.69, 9.17) is 9.47 Å². The van der Waals surface area contributed by atoms with Crippen molar-refractivity contribution in [3.63, 3.8) is 0 Å². The van der Waals surface area contributed by atoms with Crippen LogP contribution in [0.4, 0.5) is 0 Å². The highest BCUT2D eigenvalue weighted by Gasteiger charge is 2.38. The minimum Gasteiger partial charge on any atom is -0.392 e. The van der Waals surface area contributed by atoms with Gasteiger partial charge < -0.3 is 24.8 Å². The van der Waals surface area contributed by atoms with Crippen LogP contribution in [0.1, 0.15) is 51.9 Å². The molecule has 4 aromatic rings. The molecule has 4 atom stereocenters. The van der Waals surface area contributed by atoms with Crippen molar-refractivity contribution in [3.05, 3.63) is 144 Å². The Kier molecular flexibility index (Phi) is 10.2. The number of carbonyl (C=O) groups excluding carboxylic acids is 1. The Morgan fingerprint density at radius 1 is 0.907 bits per heavy atom. The lowest BCUT2D eigenvalue weighted by Gasteiger charge is -2.42. The first-order valence-corrected chi connectivity index (χ1v) is 14.8. The third-order valence-corrected chi connectivity index (χ3v) is 8.04. The number of rotatable bonds is 11. The number of likely N-dealkylation sites (N-methyl/N-ethyl adjacent to an activating group) is 1. The Labute approximate surface area is 254 Å². The van der Waals surface area contributed by atoms with Gasteiger partial charge in [0.2, 0.25) is 0 Å². The van der Waals surface area contributed by atoms with Crippen LogP contribution in [0.5, 0.6) is 0 Å². The minimum atomic E-state index is -0.532. The lowest BCUT2D eigenvalue weighted by Crippen LogP contribution is -2.43. The third-order valence-electron chi connectivity index (χ3n) is 8.04. The maximum absolute atomic E-state index is 12.6. The number of nitrogens with one attached hydrogen (secondary N) is 1. The van der Waals surface area contributed by atoms with Crippen molar-refractivity contribution in [1.82, 2.24) is 10.2 Å². The van der Waals surface area contributed by atoms with Crippen LogP contribution in [0, 0.1) is 5.92 Å². The Hall–Kier alpha value is -4.07. The van der Waals surface area contributed by atoms with Crippen molar-refractivity contribution in [3.8, 4) is 11.1 Å². The van der Waals surface area contributed by atoms with Crippen LogP contribution in [-0.4, -0.2) is 42.2 Å². The number of ether oxygens (including phenoxy) is 2. The molecule has 0 bridgehead atoms. The second-order valence-electron chi connectivity index (χ2n) is 11.2. The van der Waals surface area contributed by atoms with Crippen molar-refractivity contribution in [2.24, 2.45) is 5.92 Å². The highest BCUT2D eigenvalue weighted by Crippen LogP contribution is 2.42. The summed E-state index contributed by atoms with van der Waals surface area (Å²) in [5.74, 6) is 0.0150. The molecule has 0 aliphatic carbocycles. The summed E-state index contributed by atoms with van der Waals surface area (Å²) in [6, 6.07) is 33.6. The molecule has 6 heteroatoms. The van der Waals surface area contributed by atoms with E-state index in [2.05, 4.69) is 61.1 Å². The summed E-state index contributed by atoms with van der Waals surface area (Å²) < 4.78 is 13.2. The fourth-order valence-electron chi connectivity index (χ4n) is 5.57. The van der Waals surface area contributed by atoms with Gasteiger partial charge in [0.25, 0.3) is 5.91 Å². The SMILES string of the molecule is C=CCN(C)C[C@@H]1O[C@H](c2ccc(-c3ccccc3CNC(=O)c3ccccc3)cc2)O[C@H](c2ccc(CO)cc2)[C@@H]1C. The van der Waals surface area contributed by atoms with Crippen molar-refractivity contribution >= 4 is 5.91 Å². The second-order valence-corrected chi connectivity index (χ2v) is 11.2. The molecule has 0 aromatic heterocycles. The van der Waals surface area contributed by atoms with Crippen LogP contribution in [0.3, 0.4) is 0 Å².